The second-order valence-corrected chi connectivity index (χ2v) is 5.11. The van der Waals surface area contributed by atoms with Gasteiger partial charge in [-0.2, -0.15) is 4.52 Å². The molecule has 3 rings (SSSR count). The molecule has 2 heterocycles. The SMILES string of the molecule is CC1CCCCCC1Nc1cncc2nnnn12. The van der Waals surface area contributed by atoms with E-state index in [0.29, 0.717) is 17.6 Å². The first-order valence-electron chi connectivity index (χ1n) is 6.63. The zero-order valence-electron chi connectivity index (χ0n) is 10.6. The third-order valence-electron chi connectivity index (χ3n) is 3.80. The first-order chi connectivity index (χ1) is 8.84. The molecule has 1 saturated carbocycles. The largest absolute Gasteiger partial charge is 0.366 e. The first-order valence-corrected chi connectivity index (χ1v) is 6.63. The maximum atomic E-state index is 4.17. The first kappa shape index (κ1) is 11.4. The summed E-state index contributed by atoms with van der Waals surface area (Å²) in [6.07, 6.45) is 9.93. The quantitative estimate of drug-likeness (QED) is 0.820. The molecular weight excluding hydrogens is 228 g/mol. The van der Waals surface area contributed by atoms with E-state index in [4.69, 9.17) is 0 Å². The van der Waals surface area contributed by atoms with E-state index < -0.39 is 0 Å². The van der Waals surface area contributed by atoms with Crippen molar-refractivity contribution >= 4 is 11.5 Å². The zero-order chi connectivity index (χ0) is 12.4. The minimum atomic E-state index is 0.490. The van der Waals surface area contributed by atoms with E-state index in [1.165, 1.54) is 32.1 Å². The lowest BCUT2D eigenvalue weighted by molar-refractivity contribution is 0.454. The van der Waals surface area contributed by atoms with Crippen LogP contribution in [0.2, 0.25) is 0 Å². The van der Waals surface area contributed by atoms with Crippen molar-refractivity contribution in [2.24, 2.45) is 5.92 Å². The topological polar surface area (TPSA) is 68.0 Å². The van der Waals surface area contributed by atoms with Crippen LogP contribution in [-0.2, 0) is 0 Å². The Morgan fingerprint density at radius 1 is 1.22 bits per heavy atom. The minimum Gasteiger partial charge on any atom is -0.366 e. The average Bonchev–Trinajstić information content (AvgIpc) is 2.77. The number of anilines is 1. The number of nitrogens with zero attached hydrogens (tertiary/aromatic N) is 5. The number of tetrazole rings is 1. The van der Waals surface area contributed by atoms with E-state index in [1.54, 1.807) is 16.9 Å². The summed E-state index contributed by atoms with van der Waals surface area (Å²) >= 11 is 0. The summed E-state index contributed by atoms with van der Waals surface area (Å²) in [6, 6.07) is 0.490. The van der Waals surface area contributed by atoms with Crippen LogP contribution in [0.3, 0.4) is 0 Å². The van der Waals surface area contributed by atoms with Crippen molar-refractivity contribution in [3.05, 3.63) is 12.4 Å². The fraction of sp³-hybridized carbons (Fsp3) is 0.667. The van der Waals surface area contributed by atoms with Crippen molar-refractivity contribution < 1.29 is 0 Å². The maximum absolute atomic E-state index is 4.17. The normalized spacial score (nSPS) is 24.9. The molecule has 6 nitrogen and oxygen atoms in total. The van der Waals surface area contributed by atoms with E-state index in [-0.39, 0.29) is 0 Å². The maximum Gasteiger partial charge on any atom is 0.199 e. The molecule has 1 N–H and O–H groups in total. The molecule has 0 spiro atoms. The highest BCUT2D eigenvalue weighted by atomic mass is 15.5. The highest BCUT2D eigenvalue weighted by Crippen LogP contribution is 2.25. The Kier molecular flexibility index (Phi) is 3.08. The van der Waals surface area contributed by atoms with E-state index in [0.717, 1.165) is 5.82 Å². The van der Waals surface area contributed by atoms with Gasteiger partial charge in [-0.25, -0.2) is 0 Å². The van der Waals surface area contributed by atoms with Crippen molar-refractivity contribution in [1.29, 1.82) is 0 Å². The Labute approximate surface area is 106 Å². The van der Waals surface area contributed by atoms with Crippen LogP contribution in [0, 0.1) is 5.92 Å². The van der Waals surface area contributed by atoms with Gasteiger partial charge in [0.15, 0.2) is 11.5 Å². The molecule has 6 heteroatoms. The second-order valence-electron chi connectivity index (χ2n) is 5.11. The van der Waals surface area contributed by atoms with Crippen LogP contribution in [-0.4, -0.2) is 31.1 Å². The molecule has 96 valence electrons. The van der Waals surface area contributed by atoms with Gasteiger partial charge in [-0.1, -0.05) is 26.2 Å². The Morgan fingerprint density at radius 3 is 3.06 bits per heavy atom. The number of hydrogen-bond acceptors (Lipinski definition) is 5. The molecule has 2 unspecified atom stereocenters. The van der Waals surface area contributed by atoms with Crippen molar-refractivity contribution in [1.82, 2.24) is 25.0 Å². The van der Waals surface area contributed by atoms with Crippen LogP contribution < -0.4 is 5.32 Å². The summed E-state index contributed by atoms with van der Waals surface area (Å²) in [5.74, 6) is 1.57. The van der Waals surface area contributed by atoms with Crippen LogP contribution in [0.1, 0.15) is 39.0 Å². The summed E-state index contributed by atoms with van der Waals surface area (Å²) in [5, 5.41) is 15.1. The lowest BCUT2D eigenvalue weighted by atomic mass is 9.97. The Morgan fingerprint density at radius 2 is 2.11 bits per heavy atom. The van der Waals surface area contributed by atoms with Gasteiger partial charge in [0.25, 0.3) is 0 Å². The average molecular weight is 246 g/mol. The summed E-state index contributed by atoms with van der Waals surface area (Å²) in [5.41, 5.74) is 0.682. The van der Waals surface area contributed by atoms with Gasteiger partial charge in [0.2, 0.25) is 0 Å². The molecule has 18 heavy (non-hydrogen) atoms. The molecule has 1 fully saturated rings. The summed E-state index contributed by atoms with van der Waals surface area (Å²) in [7, 11) is 0. The second kappa shape index (κ2) is 4.88. The summed E-state index contributed by atoms with van der Waals surface area (Å²) < 4.78 is 1.71. The predicted molar refractivity (Wildman–Crippen MR) is 68.2 cm³/mol. The van der Waals surface area contributed by atoms with Crippen molar-refractivity contribution in [2.45, 2.75) is 45.1 Å². The smallest absolute Gasteiger partial charge is 0.199 e. The van der Waals surface area contributed by atoms with Crippen molar-refractivity contribution in [3.63, 3.8) is 0 Å². The number of aromatic nitrogens is 5. The molecule has 0 amide bonds. The van der Waals surface area contributed by atoms with E-state index in [1.807, 2.05) is 0 Å². The van der Waals surface area contributed by atoms with Gasteiger partial charge in [0.1, 0.15) is 0 Å². The predicted octanol–water partition coefficient (Wildman–Crippen LogP) is 1.90. The third-order valence-corrected chi connectivity index (χ3v) is 3.80. The van der Waals surface area contributed by atoms with Gasteiger partial charge in [0.05, 0.1) is 12.4 Å². The van der Waals surface area contributed by atoms with Crippen LogP contribution in [0.4, 0.5) is 5.82 Å². The molecule has 1 aliphatic carbocycles. The fourth-order valence-corrected chi connectivity index (χ4v) is 2.67. The standard InChI is InChI=1S/C12H18N6/c1-9-5-3-2-4-6-10(9)14-11-7-13-8-12-15-16-17-18(11)12/h7-10,14H,2-6H2,1H3. The molecule has 0 aromatic carbocycles. The van der Waals surface area contributed by atoms with Gasteiger partial charge < -0.3 is 5.32 Å². The van der Waals surface area contributed by atoms with Gasteiger partial charge >= 0.3 is 0 Å². The molecule has 1 aliphatic rings. The highest BCUT2D eigenvalue weighted by molar-refractivity contribution is 5.44. The van der Waals surface area contributed by atoms with Gasteiger partial charge in [0, 0.05) is 6.04 Å². The molecule has 2 aromatic rings. The number of hydrogen-bond donors (Lipinski definition) is 1. The summed E-state index contributed by atoms with van der Waals surface area (Å²) in [6.45, 7) is 2.32. The molecule has 0 radical (unpaired) electrons. The van der Waals surface area contributed by atoms with Crippen molar-refractivity contribution in [2.75, 3.05) is 5.32 Å². The lowest BCUT2D eigenvalue weighted by Gasteiger charge is -2.23. The van der Waals surface area contributed by atoms with Crippen LogP contribution >= 0.6 is 0 Å². The Balaban J connectivity index is 1.84. The number of rotatable bonds is 2. The highest BCUT2D eigenvalue weighted by Gasteiger charge is 2.20. The zero-order valence-corrected chi connectivity index (χ0v) is 10.6. The van der Waals surface area contributed by atoms with Gasteiger partial charge in [-0.15, -0.1) is 5.10 Å². The van der Waals surface area contributed by atoms with Crippen LogP contribution in [0.15, 0.2) is 12.4 Å². The molecule has 2 atom stereocenters. The third kappa shape index (κ3) is 2.14. The van der Waals surface area contributed by atoms with Gasteiger partial charge in [-0.05, 0) is 29.2 Å². The lowest BCUT2D eigenvalue weighted by Crippen LogP contribution is -2.27. The minimum absolute atomic E-state index is 0.490. The molecule has 0 aliphatic heterocycles. The molecule has 0 bridgehead atoms. The number of fused-ring (bicyclic) bond motifs is 1. The monoisotopic (exact) mass is 246 g/mol. The van der Waals surface area contributed by atoms with Crippen LogP contribution in [0.5, 0.6) is 0 Å². The molecule has 2 aromatic heterocycles. The van der Waals surface area contributed by atoms with Crippen molar-refractivity contribution in [3.8, 4) is 0 Å². The van der Waals surface area contributed by atoms with Crippen LogP contribution in [0.25, 0.3) is 5.65 Å². The molecule has 0 saturated heterocycles. The van der Waals surface area contributed by atoms with Gasteiger partial charge in [-0.3, -0.25) is 4.98 Å². The Bertz CT molecular complexity index is 522. The molecular formula is C12H18N6. The summed E-state index contributed by atoms with van der Waals surface area (Å²) in [4.78, 5) is 4.17. The number of nitrogens with one attached hydrogen (secondary N) is 1. The van der Waals surface area contributed by atoms with E-state index in [9.17, 15) is 0 Å². The fourth-order valence-electron chi connectivity index (χ4n) is 2.67. The van der Waals surface area contributed by atoms with E-state index in [2.05, 4.69) is 32.7 Å². The van der Waals surface area contributed by atoms with E-state index >= 15 is 0 Å². The Hall–Kier alpha value is -1.72.